The Balaban J connectivity index is 3.18. The zero-order valence-electron chi connectivity index (χ0n) is 16.3. The van der Waals surface area contributed by atoms with Crippen LogP contribution in [0.4, 0.5) is 4.79 Å². The van der Waals surface area contributed by atoms with Gasteiger partial charge in [0.15, 0.2) is 0 Å². The van der Waals surface area contributed by atoms with Gasteiger partial charge in [-0.05, 0) is 45.4 Å². The van der Waals surface area contributed by atoms with E-state index in [1.54, 1.807) is 0 Å². The first-order valence-corrected chi connectivity index (χ1v) is 9.94. The van der Waals surface area contributed by atoms with Crippen molar-refractivity contribution >= 4 is 12.0 Å². The summed E-state index contributed by atoms with van der Waals surface area (Å²) in [6.07, 6.45) is 17.9. The summed E-state index contributed by atoms with van der Waals surface area (Å²) < 4.78 is 4.62. The topological polar surface area (TPSA) is 67.4 Å². The van der Waals surface area contributed by atoms with Crippen LogP contribution in [0.15, 0.2) is 12.2 Å². The predicted molar refractivity (Wildman–Crippen MR) is 104 cm³/mol. The zero-order valence-corrected chi connectivity index (χ0v) is 16.3. The Kier molecular flexibility index (Phi) is 17.7. The van der Waals surface area contributed by atoms with E-state index in [0.29, 0.717) is 13.0 Å². The molecule has 0 bridgehead atoms. The quantitative estimate of drug-likeness (QED) is 0.239. The maximum Gasteiger partial charge on any atom is 0.314 e. The monoisotopic (exact) mass is 354 g/mol. The molecule has 0 aromatic heterocycles. The van der Waals surface area contributed by atoms with Gasteiger partial charge in [0.1, 0.15) is 0 Å². The minimum atomic E-state index is -0.0926. The summed E-state index contributed by atoms with van der Waals surface area (Å²) in [7, 11) is 1.45. The summed E-state index contributed by atoms with van der Waals surface area (Å²) in [4.78, 5) is 22.1. The summed E-state index contributed by atoms with van der Waals surface area (Å²) in [6, 6.07) is -0.0680. The van der Waals surface area contributed by atoms with Crippen LogP contribution in [0, 0.1) is 0 Å². The number of amides is 2. The van der Waals surface area contributed by atoms with Gasteiger partial charge in [-0.25, -0.2) is 4.79 Å². The first kappa shape index (κ1) is 23.5. The van der Waals surface area contributed by atoms with Gasteiger partial charge in [-0.15, -0.1) is 0 Å². The van der Waals surface area contributed by atoms with E-state index in [1.165, 1.54) is 45.6 Å². The lowest BCUT2D eigenvalue weighted by Crippen LogP contribution is -2.35. The third-order valence-electron chi connectivity index (χ3n) is 4.07. The van der Waals surface area contributed by atoms with E-state index >= 15 is 0 Å². The molecule has 5 nitrogen and oxygen atoms in total. The third-order valence-corrected chi connectivity index (χ3v) is 4.07. The van der Waals surface area contributed by atoms with Crippen LogP contribution in [0.1, 0.15) is 84.0 Å². The van der Waals surface area contributed by atoms with Crippen molar-refractivity contribution in [1.82, 2.24) is 10.6 Å². The van der Waals surface area contributed by atoms with Crippen LogP contribution < -0.4 is 10.6 Å². The number of carbonyl (C=O) groups is 2. The summed E-state index contributed by atoms with van der Waals surface area (Å²) in [5, 5.41) is 5.56. The van der Waals surface area contributed by atoms with Crippen LogP contribution in [-0.4, -0.2) is 32.2 Å². The molecule has 0 saturated heterocycles. The van der Waals surface area contributed by atoms with Crippen LogP contribution in [0.3, 0.4) is 0 Å². The molecular weight excluding hydrogens is 316 g/mol. The maximum atomic E-state index is 11.2. The zero-order chi connectivity index (χ0) is 18.6. The first-order chi connectivity index (χ1) is 12.2. The van der Waals surface area contributed by atoms with Crippen molar-refractivity contribution in [2.24, 2.45) is 0 Å². The second kappa shape index (κ2) is 18.8. The molecule has 0 atom stereocenters. The van der Waals surface area contributed by atoms with Gasteiger partial charge >= 0.3 is 12.0 Å². The number of urea groups is 1. The molecule has 0 rings (SSSR count). The molecule has 0 aliphatic heterocycles. The molecule has 0 aromatic carbocycles. The van der Waals surface area contributed by atoms with Gasteiger partial charge in [-0.1, -0.05) is 44.3 Å². The molecule has 0 aliphatic carbocycles. The van der Waals surface area contributed by atoms with Gasteiger partial charge in [0.25, 0.3) is 0 Å². The van der Waals surface area contributed by atoms with E-state index in [0.717, 1.165) is 38.6 Å². The van der Waals surface area contributed by atoms with E-state index in [9.17, 15) is 9.59 Å². The van der Waals surface area contributed by atoms with Gasteiger partial charge in [0, 0.05) is 19.5 Å². The Bertz CT molecular complexity index is 357. The van der Waals surface area contributed by atoms with Crippen LogP contribution >= 0.6 is 0 Å². The Labute approximate surface area is 154 Å². The number of hydrogen-bond donors (Lipinski definition) is 2. The highest BCUT2D eigenvalue weighted by molar-refractivity contribution is 5.73. The Hall–Kier alpha value is -1.52. The number of ether oxygens (including phenoxy) is 1. The summed E-state index contributed by atoms with van der Waals surface area (Å²) in [6.45, 7) is 3.33. The number of methoxy groups -OCH3 is 1. The largest absolute Gasteiger partial charge is 0.469 e. The van der Waals surface area contributed by atoms with Crippen LogP contribution in [0.5, 0.6) is 0 Å². The summed E-state index contributed by atoms with van der Waals surface area (Å²) in [5.41, 5.74) is 0. The predicted octanol–water partition coefficient (Wildman–Crippen LogP) is 4.72. The number of unbranched alkanes of at least 4 members (excludes halogenated alkanes) is 9. The Morgan fingerprint density at radius 3 is 1.96 bits per heavy atom. The van der Waals surface area contributed by atoms with E-state index < -0.39 is 0 Å². The van der Waals surface area contributed by atoms with Crippen LogP contribution in [0.2, 0.25) is 0 Å². The van der Waals surface area contributed by atoms with Crippen molar-refractivity contribution < 1.29 is 14.3 Å². The average molecular weight is 355 g/mol. The summed E-state index contributed by atoms with van der Waals surface area (Å²) in [5.74, 6) is -0.0926. The van der Waals surface area contributed by atoms with Crippen molar-refractivity contribution in [1.29, 1.82) is 0 Å². The number of allylic oxidation sites excluding steroid dienone is 2. The smallest absolute Gasteiger partial charge is 0.314 e. The van der Waals surface area contributed by atoms with Gasteiger partial charge in [0.05, 0.1) is 7.11 Å². The van der Waals surface area contributed by atoms with Gasteiger partial charge in [-0.2, -0.15) is 0 Å². The number of carbonyl (C=O) groups excluding carboxylic acids is 2. The lowest BCUT2D eigenvalue weighted by molar-refractivity contribution is -0.140. The summed E-state index contributed by atoms with van der Waals surface area (Å²) >= 11 is 0. The molecule has 0 heterocycles. The fourth-order valence-corrected chi connectivity index (χ4v) is 2.57. The SMILES string of the molecule is CCNC(=O)NCCCC/C=C\CCCCCCCCCC(=O)OC. The van der Waals surface area contributed by atoms with E-state index in [2.05, 4.69) is 27.5 Å². The highest BCUT2D eigenvalue weighted by atomic mass is 16.5. The second-order valence-corrected chi connectivity index (χ2v) is 6.34. The van der Waals surface area contributed by atoms with Gasteiger partial charge < -0.3 is 15.4 Å². The third kappa shape index (κ3) is 18.7. The maximum absolute atomic E-state index is 11.2. The molecule has 0 radical (unpaired) electrons. The highest BCUT2D eigenvalue weighted by Crippen LogP contribution is 2.10. The Morgan fingerprint density at radius 2 is 1.36 bits per heavy atom. The molecule has 2 N–H and O–H groups in total. The molecule has 5 heteroatoms. The molecule has 146 valence electrons. The van der Waals surface area contributed by atoms with Crippen LogP contribution in [0.25, 0.3) is 0 Å². The Morgan fingerprint density at radius 1 is 0.800 bits per heavy atom. The molecule has 0 spiro atoms. The first-order valence-electron chi connectivity index (χ1n) is 9.94. The van der Waals surface area contributed by atoms with Crippen LogP contribution in [-0.2, 0) is 9.53 Å². The molecule has 0 aliphatic rings. The number of rotatable bonds is 16. The lowest BCUT2D eigenvalue weighted by Gasteiger charge is -2.04. The standard InChI is InChI=1S/C20H38N2O3/c1-3-21-20(24)22-18-16-14-12-10-8-6-4-5-7-9-11-13-15-17-19(23)25-2/h8,10H,3-7,9,11-18H2,1-2H3,(H2,21,22,24)/b10-8-. The number of esters is 1. The lowest BCUT2D eigenvalue weighted by atomic mass is 10.1. The van der Waals surface area contributed by atoms with Crippen molar-refractivity contribution in [2.75, 3.05) is 20.2 Å². The molecule has 2 amide bonds. The van der Waals surface area contributed by atoms with E-state index in [1.807, 2.05) is 6.92 Å². The second-order valence-electron chi connectivity index (χ2n) is 6.34. The normalized spacial score (nSPS) is 10.8. The van der Waals surface area contributed by atoms with Gasteiger partial charge in [0.2, 0.25) is 0 Å². The minimum Gasteiger partial charge on any atom is -0.469 e. The van der Waals surface area contributed by atoms with Crippen molar-refractivity contribution in [3.05, 3.63) is 12.2 Å². The molecule has 0 fully saturated rings. The molecule has 0 saturated carbocycles. The fourth-order valence-electron chi connectivity index (χ4n) is 2.57. The fraction of sp³-hybridized carbons (Fsp3) is 0.800. The number of hydrogen-bond acceptors (Lipinski definition) is 3. The highest BCUT2D eigenvalue weighted by Gasteiger charge is 1.99. The molecular formula is C20H38N2O3. The molecule has 0 aromatic rings. The van der Waals surface area contributed by atoms with E-state index in [4.69, 9.17) is 0 Å². The van der Waals surface area contributed by atoms with Crippen molar-refractivity contribution in [3.8, 4) is 0 Å². The molecule has 25 heavy (non-hydrogen) atoms. The molecule has 0 unspecified atom stereocenters. The van der Waals surface area contributed by atoms with Gasteiger partial charge in [-0.3, -0.25) is 4.79 Å². The number of nitrogens with one attached hydrogen (secondary N) is 2. The van der Waals surface area contributed by atoms with Crippen molar-refractivity contribution in [2.45, 2.75) is 84.0 Å². The average Bonchev–Trinajstić information content (AvgIpc) is 2.61. The van der Waals surface area contributed by atoms with Crippen molar-refractivity contribution in [3.63, 3.8) is 0 Å². The van der Waals surface area contributed by atoms with E-state index in [-0.39, 0.29) is 12.0 Å². The minimum absolute atomic E-state index is 0.0680.